The molecule has 7 heteroatoms. The number of hydrogen-bond donors (Lipinski definition) is 2. The van der Waals surface area contributed by atoms with Gasteiger partial charge in [-0.3, -0.25) is 4.79 Å². The van der Waals surface area contributed by atoms with E-state index in [-0.39, 0.29) is 12.2 Å². The summed E-state index contributed by atoms with van der Waals surface area (Å²) in [5, 5.41) is 11.3. The molecule has 0 aliphatic rings. The van der Waals surface area contributed by atoms with Crippen LogP contribution in [0.2, 0.25) is 0 Å². The highest BCUT2D eigenvalue weighted by atomic mass is 16.5. The third-order valence-electron chi connectivity index (χ3n) is 2.55. The predicted molar refractivity (Wildman–Crippen MR) is 70.3 cm³/mol. The number of carbonyl (C=O) groups is 2. The molecule has 0 saturated carbocycles. The van der Waals surface area contributed by atoms with Crippen molar-refractivity contribution >= 4 is 11.9 Å². The van der Waals surface area contributed by atoms with Crippen LogP contribution < -0.4 is 14.8 Å². The highest BCUT2D eigenvalue weighted by Gasteiger charge is 2.21. The minimum atomic E-state index is -1.17. The number of carboxylic acids is 1. The first-order chi connectivity index (χ1) is 9.51. The van der Waals surface area contributed by atoms with Crippen LogP contribution in [0.4, 0.5) is 0 Å². The van der Waals surface area contributed by atoms with Gasteiger partial charge in [0.05, 0.1) is 20.8 Å². The van der Waals surface area contributed by atoms with Gasteiger partial charge in [0.25, 0.3) is 5.91 Å². The Balaban J connectivity index is 2.93. The zero-order valence-corrected chi connectivity index (χ0v) is 11.5. The number of carboxylic acid groups (broad SMARTS) is 1. The van der Waals surface area contributed by atoms with Crippen LogP contribution in [0.3, 0.4) is 0 Å². The fourth-order valence-corrected chi connectivity index (χ4v) is 1.52. The summed E-state index contributed by atoms with van der Waals surface area (Å²) in [6.45, 7) is -0.123. The van der Waals surface area contributed by atoms with Gasteiger partial charge in [-0.05, 0) is 12.1 Å². The summed E-state index contributed by atoms with van der Waals surface area (Å²) in [6.07, 6.45) is 0. The van der Waals surface area contributed by atoms with Crippen molar-refractivity contribution in [2.45, 2.75) is 6.04 Å². The van der Waals surface area contributed by atoms with Gasteiger partial charge in [0.1, 0.15) is 11.5 Å². The van der Waals surface area contributed by atoms with E-state index in [0.717, 1.165) is 0 Å². The van der Waals surface area contributed by atoms with Crippen LogP contribution in [0.1, 0.15) is 10.4 Å². The van der Waals surface area contributed by atoms with Crippen LogP contribution in [-0.2, 0) is 9.53 Å². The largest absolute Gasteiger partial charge is 0.497 e. The van der Waals surface area contributed by atoms with Gasteiger partial charge in [-0.1, -0.05) is 0 Å². The van der Waals surface area contributed by atoms with Crippen LogP contribution in [0.15, 0.2) is 18.2 Å². The molecule has 0 spiro atoms. The number of benzene rings is 1. The maximum Gasteiger partial charge on any atom is 0.328 e. The second kappa shape index (κ2) is 7.34. The summed E-state index contributed by atoms with van der Waals surface area (Å²) in [4.78, 5) is 23.0. The van der Waals surface area contributed by atoms with Crippen LogP contribution in [-0.4, -0.2) is 51.0 Å². The summed E-state index contributed by atoms with van der Waals surface area (Å²) < 4.78 is 14.8. The quantitative estimate of drug-likeness (QED) is 0.758. The fraction of sp³-hybridized carbons (Fsp3) is 0.385. The van der Waals surface area contributed by atoms with Crippen molar-refractivity contribution in [3.8, 4) is 11.5 Å². The molecule has 1 atom stereocenters. The molecule has 1 aromatic carbocycles. The van der Waals surface area contributed by atoms with Crippen molar-refractivity contribution in [2.24, 2.45) is 0 Å². The Labute approximate surface area is 116 Å². The normalized spacial score (nSPS) is 11.6. The monoisotopic (exact) mass is 283 g/mol. The van der Waals surface area contributed by atoms with Gasteiger partial charge >= 0.3 is 5.97 Å². The van der Waals surface area contributed by atoms with Gasteiger partial charge in [-0.25, -0.2) is 4.79 Å². The summed E-state index contributed by atoms with van der Waals surface area (Å²) in [7, 11) is 4.28. The van der Waals surface area contributed by atoms with E-state index in [0.29, 0.717) is 11.5 Å². The number of methoxy groups -OCH3 is 3. The smallest absolute Gasteiger partial charge is 0.328 e. The number of rotatable bonds is 7. The second-order valence-corrected chi connectivity index (χ2v) is 3.92. The average molecular weight is 283 g/mol. The van der Waals surface area contributed by atoms with Crippen LogP contribution in [0.25, 0.3) is 0 Å². The summed E-state index contributed by atoms with van der Waals surface area (Å²) >= 11 is 0. The van der Waals surface area contributed by atoms with Gasteiger partial charge in [0, 0.05) is 18.7 Å². The third kappa shape index (κ3) is 4.13. The standard InChI is InChI=1S/C13H17NO6/c1-18-7-11(13(16)17)14-12(15)8-4-9(19-2)6-10(5-8)20-3/h4-6,11H,7H2,1-3H3,(H,14,15)(H,16,17). The highest BCUT2D eigenvalue weighted by Crippen LogP contribution is 2.22. The molecule has 0 radical (unpaired) electrons. The number of ether oxygens (including phenoxy) is 3. The number of hydrogen-bond acceptors (Lipinski definition) is 5. The lowest BCUT2D eigenvalue weighted by Crippen LogP contribution is -2.43. The average Bonchev–Trinajstić information content (AvgIpc) is 2.45. The van der Waals surface area contributed by atoms with Crippen molar-refractivity contribution in [1.29, 1.82) is 0 Å². The third-order valence-corrected chi connectivity index (χ3v) is 2.55. The Morgan fingerprint density at radius 1 is 1.15 bits per heavy atom. The zero-order chi connectivity index (χ0) is 15.1. The molecule has 110 valence electrons. The number of aliphatic carboxylic acids is 1. The van der Waals surface area contributed by atoms with Crippen molar-refractivity contribution in [2.75, 3.05) is 27.9 Å². The van der Waals surface area contributed by atoms with Crippen molar-refractivity contribution in [1.82, 2.24) is 5.32 Å². The molecule has 1 unspecified atom stereocenters. The van der Waals surface area contributed by atoms with E-state index in [2.05, 4.69) is 5.32 Å². The maximum absolute atomic E-state index is 12.0. The van der Waals surface area contributed by atoms with Gasteiger partial charge in [0.2, 0.25) is 0 Å². The maximum atomic E-state index is 12.0. The predicted octanol–water partition coefficient (Wildman–Crippen LogP) is 0.533. The van der Waals surface area contributed by atoms with Gasteiger partial charge in [-0.15, -0.1) is 0 Å². The van der Waals surface area contributed by atoms with Crippen LogP contribution in [0.5, 0.6) is 11.5 Å². The van der Waals surface area contributed by atoms with E-state index in [1.165, 1.54) is 33.5 Å². The Hall–Kier alpha value is -2.28. The van der Waals surface area contributed by atoms with E-state index in [1.807, 2.05) is 0 Å². The molecule has 1 amide bonds. The topological polar surface area (TPSA) is 94.1 Å². The number of amides is 1. The van der Waals surface area contributed by atoms with E-state index >= 15 is 0 Å². The lowest BCUT2D eigenvalue weighted by molar-refractivity contribution is -0.140. The molecule has 0 aromatic heterocycles. The highest BCUT2D eigenvalue weighted by molar-refractivity contribution is 5.97. The first kappa shape index (κ1) is 15.8. The zero-order valence-electron chi connectivity index (χ0n) is 11.5. The first-order valence-electron chi connectivity index (χ1n) is 5.77. The molecular formula is C13H17NO6. The second-order valence-electron chi connectivity index (χ2n) is 3.92. The molecule has 0 saturated heterocycles. The molecular weight excluding hydrogens is 266 g/mol. The molecule has 2 N–H and O–H groups in total. The SMILES string of the molecule is COCC(NC(=O)c1cc(OC)cc(OC)c1)C(=O)O. The molecule has 1 aromatic rings. The number of nitrogens with one attached hydrogen (secondary N) is 1. The van der Waals surface area contributed by atoms with E-state index < -0.39 is 17.9 Å². The summed E-state index contributed by atoms with van der Waals surface area (Å²) in [5.74, 6) is -0.844. The molecule has 20 heavy (non-hydrogen) atoms. The molecule has 1 rings (SSSR count). The van der Waals surface area contributed by atoms with E-state index in [9.17, 15) is 9.59 Å². The fourth-order valence-electron chi connectivity index (χ4n) is 1.52. The molecule has 0 aliphatic carbocycles. The van der Waals surface area contributed by atoms with Gasteiger partial charge < -0.3 is 24.6 Å². The molecule has 0 aliphatic heterocycles. The molecule has 7 nitrogen and oxygen atoms in total. The molecule has 0 heterocycles. The van der Waals surface area contributed by atoms with Gasteiger partial charge in [-0.2, -0.15) is 0 Å². The molecule has 0 bridgehead atoms. The Morgan fingerprint density at radius 2 is 1.70 bits per heavy atom. The minimum Gasteiger partial charge on any atom is -0.497 e. The first-order valence-corrected chi connectivity index (χ1v) is 5.77. The van der Waals surface area contributed by atoms with Crippen molar-refractivity contribution in [3.63, 3.8) is 0 Å². The molecule has 0 fully saturated rings. The lowest BCUT2D eigenvalue weighted by atomic mass is 10.1. The lowest BCUT2D eigenvalue weighted by Gasteiger charge is -2.14. The summed E-state index contributed by atoms with van der Waals surface area (Å²) in [6, 6.07) is 3.47. The van der Waals surface area contributed by atoms with Crippen LogP contribution in [0, 0.1) is 0 Å². The van der Waals surface area contributed by atoms with Gasteiger partial charge in [0.15, 0.2) is 6.04 Å². The van der Waals surface area contributed by atoms with Crippen LogP contribution >= 0.6 is 0 Å². The Morgan fingerprint density at radius 3 is 2.10 bits per heavy atom. The summed E-state index contributed by atoms with van der Waals surface area (Å²) in [5.41, 5.74) is 0.239. The minimum absolute atomic E-state index is 0.123. The Bertz CT molecular complexity index is 465. The van der Waals surface area contributed by atoms with E-state index in [4.69, 9.17) is 19.3 Å². The van der Waals surface area contributed by atoms with E-state index in [1.54, 1.807) is 6.07 Å². The number of carbonyl (C=O) groups excluding carboxylic acids is 1. The Kier molecular flexibility index (Phi) is 5.79. The van der Waals surface area contributed by atoms with Crippen molar-refractivity contribution < 1.29 is 28.9 Å². The van der Waals surface area contributed by atoms with Crippen molar-refractivity contribution in [3.05, 3.63) is 23.8 Å².